The predicted molar refractivity (Wildman–Crippen MR) is 53.1 cm³/mol. The average molecular weight is 174 g/mol. The van der Waals surface area contributed by atoms with Crippen LogP contribution < -0.4 is 5.56 Å². The molecule has 13 heavy (non-hydrogen) atoms. The quantitative estimate of drug-likeness (QED) is 0.576. The van der Waals surface area contributed by atoms with E-state index in [1.165, 1.54) is 0 Å². The normalized spacial score (nSPS) is 19.7. The van der Waals surface area contributed by atoms with Crippen LogP contribution >= 0.6 is 0 Å². The Balaban J connectivity index is 2.58. The molecule has 0 N–H and O–H groups in total. The van der Waals surface area contributed by atoms with Gasteiger partial charge in [0.15, 0.2) is 0 Å². The summed E-state index contributed by atoms with van der Waals surface area (Å²) in [4.78, 5) is 15.5. The monoisotopic (exact) mass is 174 g/mol. The van der Waals surface area contributed by atoms with Crippen molar-refractivity contribution in [2.75, 3.05) is 6.54 Å². The number of aromatic nitrogens is 1. The number of nitrogens with zero attached hydrogens (tertiary/aromatic N) is 2. The van der Waals surface area contributed by atoms with Gasteiger partial charge in [-0.1, -0.05) is 6.07 Å². The highest BCUT2D eigenvalue weighted by Crippen LogP contribution is 2.00. The van der Waals surface area contributed by atoms with Gasteiger partial charge in [-0.2, -0.15) is 0 Å². The molecular weight excluding hydrogens is 164 g/mol. The third-order valence-electron chi connectivity index (χ3n) is 2.00. The number of rotatable bonds is 0. The summed E-state index contributed by atoms with van der Waals surface area (Å²) < 4.78 is 1.66. The second kappa shape index (κ2) is 3.39. The maximum absolute atomic E-state index is 11.4. The van der Waals surface area contributed by atoms with E-state index in [-0.39, 0.29) is 5.56 Å². The molecule has 0 saturated carbocycles. The highest BCUT2D eigenvalue weighted by Gasteiger charge is 2.00. The van der Waals surface area contributed by atoms with Gasteiger partial charge in [0, 0.05) is 37.1 Å². The zero-order chi connectivity index (χ0) is 9.10. The molecule has 1 aromatic heterocycles. The van der Waals surface area contributed by atoms with E-state index in [9.17, 15) is 4.79 Å². The molecule has 0 bridgehead atoms. The summed E-state index contributed by atoms with van der Waals surface area (Å²) in [6, 6.07) is 5.30. The second-order valence-electron chi connectivity index (χ2n) is 2.87. The largest absolute Gasteiger partial charge is 0.293 e. The summed E-state index contributed by atoms with van der Waals surface area (Å²) >= 11 is 0. The highest BCUT2D eigenvalue weighted by atomic mass is 16.1. The number of aliphatic imine (C=N–C) groups is 1. The Bertz CT molecular complexity index is 415. The van der Waals surface area contributed by atoms with Crippen molar-refractivity contribution in [3.05, 3.63) is 40.3 Å². The van der Waals surface area contributed by atoms with Gasteiger partial charge in [0.25, 0.3) is 5.56 Å². The average Bonchev–Trinajstić information content (AvgIpc) is 2.07. The van der Waals surface area contributed by atoms with Crippen LogP contribution in [-0.4, -0.2) is 17.3 Å². The molecule has 0 atom stereocenters. The van der Waals surface area contributed by atoms with Crippen LogP contribution in [0.25, 0.3) is 6.20 Å². The number of allylic oxidation sites excluding steroid dienone is 1. The van der Waals surface area contributed by atoms with E-state index in [0.717, 1.165) is 18.7 Å². The van der Waals surface area contributed by atoms with Gasteiger partial charge in [-0.25, -0.2) is 0 Å². The van der Waals surface area contributed by atoms with Gasteiger partial charge < -0.3 is 0 Å². The van der Waals surface area contributed by atoms with Crippen LogP contribution in [0.1, 0.15) is 5.69 Å². The molecule has 0 fully saturated rings. The molecular formula is C10H10N2O. The van der Waals surface area contributed by atoms with E-state index < -0.39 is 0 Å². The molecule has 66 valence electrons. The van der Waals surface area contributed by atoms with Crippen LogP contribution in [0.5, 0.6) is 0 Å². The van der Waals surface area contributed by atoms with Crippen LogP contribution in [-0.2, 0) is 6.42 Å². The first kappa shape index (κ1) is 7.98. The number of hydrogen-bond acceptors (Lipinski definition) is 2. The maximum Gasteiger partial charge on any atom is 0.254 e. The molecule has 0 aromatic carbocycles. The molecule has 0 spiro atoms. The molecule has 1 aliphatic heterocycles. The fraction of sp³-hybridized carbons (Fsp3) is 0.200. The van der Waals surface area contributed by atoms with Crippen LogP contribution in [0.2, 0.25) is 0 Å². The fourth-order valence-electron chi connectivity index (χ4n) is 1.36. The van der Waals surface area contributed by atoms with Crippen molar-refractivity contribution in [1.29, 1.82) is 0 Å². The Morgan fingerprint density at radius 2 is 2.31 bits per heavy atom. The molecule has 3 nitrogen and oxygen atoms in total. The lowest BCUT2D eigenvalue weighted by Gasteiger charge is -2.07. The fourth-order valence-corrected chi connectivity index (χ4v) is 1.36. The molecule has 3 heteroatoms. The standard InChI is InChI=1S/C10H10N2O/c13-10-4-1-3-9-5-7-11-6-2-8-12(9)10/h1-4,6,8H,5,7H2/b8-2-,11-6-. The van der Waals surface area contributed by atoms with Gasteiger partial charge in [-0.3, -0.25) is 14.4 Å². The number of pyridine rings is 1. The van der Waals surface area contributed by atoms with Gasteiger partial charge in [0.1, 0.15) is 0 Å². The van der Waals surface area contributed by atoms with Gasteiger partial charge in [-0.15, -0.1) is 0 Å². The molecule has 0 amide bonds. The van der Waals surface area contributed by atoms with Crippen molar-refractivity contribution >= 4 is 12.4 Å². The molecule has 0 radical (unpaired) electrons. The van der Waals surface area contributed by atoms with Crippen molar-refractivity contribution in [1.82, 2.24) is 4.57 Å². The zero-order valence-corrected chi connectivity index (χ0v) is 7.18. The second-order valence-corrected chi connectivity index (χ2v) is 2.87. The van der Waals surface area contributed by atoms with E-state index in [2.05, 4.69) is 4.99 Å². The first-order valence-corrected chi connectivity index (χ1v) is 4.25. The third kappa shape index (κ3) is 1.59. The van der Waals surface area contributed by atoms with E-state index in [4.69, 9.17) is 0 Å². The summed E-state index contributed by atoms with van der Waals surface area (Å²) in [6.07, 6.45) is 6.07. The highest BCUT2D eigenvalue weighted by molar-refractivity contribution is 5.75. The summed E-state index contributed by atoms with van der Waals surface area (Å²) in [7, 11) is 0. The first-order chi connectivity index (χ1) is 6.38. The lowest BCUT2D eigenvalue weighted by molar-refractivity contribution is 0.859. The molecule has 1 aliphatic rings. The first-order valence-electron chi connectivity index (χ1n) is 4.25. The van der Waals surface area contributed by atoms with Gasteiger partial charge in [0.05, 0.1) is 0 Å². The lowest BCUT2D eigenvalue weighted by Crippen LogP contribution is -2.18. The van der Waals surface area contributed by atoms with Gasteiger partial charge in [0.2, 0.25) is 0 Å². The van der Waals surface area contributed by atoms with Crippen LogP contribution in [0.4, 0.5) is 0 Å². The Labute approximate surface area is 76.0 Å². The van der Waals surface area contributed by atoms with Crippen LogP contribution in [0, 0.1) is 0 Å². The minimum absolute atomic E-state index is 0.0176. The van der Waals surface area contributed by atoms with E-state index in [1.807, 2.05) is 6.07 Å². The zero-order valence-electron chi connectivity index (χ0n) is 7.18. The SMILES string of the molecule is O=c1cccc2n1/C=C\C=N/CC2. The van der Waals surface area contributed by atoms with Crippen molar-refractivity contribution in [3.63, 3.8) is 0 Å². The topological polar surface area (TPSA) is 34.4 Å². The molecule has 2 heterocycles. The minimum Gasteiger partial charge on any atom is -0.293 e. The van der Waals surface area contributed by atoms with Crippen LogP contribution in [0.15, 0.2) is 34.1 Å². The van der Waals surface area contributed by atoms with Gasteiger partial charge in [-0.05, 0) is 12.1 Å². The summed E-state index contributed by atoms with van der Waals surface area (Å²) in [5, 5.41) is 0. The van der Waals surface area contributed by atoms with E-state index in [0.29, 0.717) is 0 Å². The predicted octanol–water partition coefficient (Wildman–Crippen LogP) is 0.946. The summed E-state index contributed by atoms with van der Waals surface area (Å²) in [5.41, 5.74) is 1.03. The van der Waals surface area contributed by atoms with E-state index in [1.54, 1.807) is 35.2 Å². The maximum atomic E-state index is 11.4. The van der Waals surface area contributed by atoms with Crippen molar-refractivity contribution in [3.8, 4) is 0 Å². The Morgan fingerprint density at radius 1 is 1.38 bits per heavy atom. The number of hydrogen-bond donors (Lipinski definition) is 0. The van der Waals surface area contributed by atoms with E-state index >= 15 is 0 Å². The Morgan fingerprint density at radius 3 is 3.23 bits per heavy atom. The summed E-state index contributed by atoms with van der Waals surface area (Å²) in [5.74, 6) is 0. The smallest absolute Gasteiger partial charge is 0.254 e. The lowest BCUT2D eigenvalue weighted by atomic mass is 10.2. The Kier molecular flexibility index (Phi) is 2.08. The molecule has 0 saturated heterocycles. The molecule has 2 rings (SSSR count). The van der Waals surface area contributed by atoms with Gasteiger partial charge >= 0.3 is 0 Å². The van der Waals surface area contributed by atoms with Crippen molar-refractivity contribution < 1.29 is 0 Å². The Hall–Kier alpha value is -1.64. The molecule has 0 aliphatic carbocycles. The molecule has 1 aromatic rings. The van der Waals surface area contributed by atoms with Crippen LogP contribution in [0.3, 0.4) is 0 Å². The number of fused-ring (bicyclic) bond motifs is 1. The third-order valence-corrected chi connectivity index (χ3v) is 2.00. The molecule has 0 unspecified atom stereocenters. The van der Waals surface area contributed by atoms with Crippen molar-refractivity contribution in [2.24, 2.45) is 4.99 Å². The minimum atomic E-state index is 0.0176. The van der Waals surface area contributed by atoms with Crippen molar-refractivity contribution in [2.45, 2.75) is 6.42 Å². The summed E-state index contributed by atoms with van der Waals surface area (Å²) in [6.45, 7) is 0.744.